The number of alkyl halides is 3. The number of aromatic nitrogens is 1. The van der Waals surface area contributed by atoms with Crippen LogP contribution in [0.5, 0.6) is 5.75 Å². The van der Waals surface area contributed by atoms with Crippen LogP contribution in [0.15, 0.2) is 42.5 Å². The monoisotopic (exact) mass is 374 g/mol. The van der Waals surface area contributed by atoms with Crippen LogP contribution >= 0.6 is 0 Å². The Morgan fingerprint density at radius 2 is 1.89 bits per heavy atom. The molecule has 0 amide bonds. The number of nitrogens with one attached hydrogen (secondary N) is 2. The average Bonchev–Trinajstić information content (AvgIpc) is 3.04. The standard InChI is InChI=1S/C21H21F3N2O/c1-27-15-7-9-18-17(12-15)16-10-11-25-19(20(16)26-18)8-4-13-2-5-14(6-3-13)21(22,23)24/h2-3,5-7,9,12,19,25-26H,4,8,10-11H2,1H3. The maximum atomic E-state index is 12.7. The molecule has 0 aliphatic carbocycles. The molecule has 0 bridgehead atoms. The highest BCUT2D eigenvalue weighted by Gasteiger charge is 2.30. The number of H-pyrrole nitrogens is 1. The van der Waals surface area contributed by atoms with E-state index in [1.54, 1.807) is 19.2 Å². The largest absolute Gasteiger partial charge is 0.497 e. The summed E-state index contributed by atoms with van der Waals surface area (Å²) in [6.45, 7) is 0.884. The number of benzene rings is 2. The van der Waals surface area contributed by atoms with Crippen molar-refractivity contribution in [3.8, 4) is 5.75 Å². The second-order valence-electron chi connectivity index (χ2n) is 6.92. The lowest BCUT2D eigenvalue weighted by Crippen LogP contribution is -2.30. The molecule has 1 aliphatic rings. The molecule has 4 rings (SSSR count). The van der Waals surface area contributed by atoms with Crippen molar-refractivity contribution in [3.05, 3.63) is 64.8 Å². The average molecular weight is 374 g/mol. The Morgan fingerprint density at radius 3 is 2.59 bits per heavy atom. The van der Waals surface area contributed by atoms with Crippen LogP contribution in [-0.4, -0.2) is 18.6 Å². The van der Waals surface area contributed by atoms with Gasteiger partial charge in [-0.1, -0.05) is 12.1 Å². The molecule has 0 fully saturated rings. The summed E-state index contributed by atoms with van der Waals surface area (Å²) in [5, 5.41) is 4.71. The van der Waals surface area contributed by atoms with E-state index in [0.717, 1.165) is 48.3 Å². The first kappa shape index (κ1) is 17.9. The minimum absolute atomic E-state index is 0.162. The second kappa shape index (κ2) is 6.93. The minimum atomic E-state index is -4.29. The molecule has 1 aromatic heterocycles. The van der Waals surface area contributed by atoms with Gasteiger partial charge in [0.1, 0.15) is 5.75 Å². The zero-order valence-electron chi connectivity index (χ0n) is 15.0. The number of ether oxygens (including phenoxy) is 1. The van der Waals surface area contributed by atoms with Gasteiger partial charge < -0.3 is 15.0 Å². The first-order valence-corrected chi connectivity index (χ1v) is 9.03. The second-order valence-corrected chi connectivity index (χ2v) is 6.92. The van der Waals surface area contributed by atoms with Crippen molar-refractivity contribution in [1.82, 2.24) is 10.3 Å². The summed E-state index contributed by atoms with van der Waals surface area (Å²) >= 11 is 0. The van der Waals surface area contributed by atoms with Crippen molar-refractivity contribution in [3.63, 3.8) is 0 Å². The summed E-state index contributed by atoms with van der Waals surface area (Å²) in [5.41, 5.74) is 3.88. The minimum Gasteiger partial charge on any atom is -0.497 e. The molecule has 27 heavy (non-hydrogen) atoms. The molecule has 1 atom stereocenters. The zero-order valence-corrected chi connectivity index (χ0v) is 15.0. The summed E-state index contributed by atoms with van der Waals surface area (Å²) in [6.07, 6.45) is -1.81. The highest BCUT2D eigenvalue weighted by Crippen LogP contribution is 2.34. The fourth-order valence-electron chi connectivity index (χ4n) is 3.83. The highest BCUT2D eigenvalue weighted by molar-refractivity contribution is 5.86. The summed E-state index contributed by atoms with van der Waals surface area (Å²) in [7, 11) is 1.66. The molecule has 6 heteroatoms. The Morgan fingerprint density at radius 1 is 1.11 bits per heavy atom. The summed E-state index contributed by atoms with van der Waals surface area (Å²) < 4.78 is 43.4. The third kappa shape index (κ3) is 3.54. The maximum absolute atomic E-state index is 12.7. The van der Waals surface area contributed by atoms with Gasteiger partial charge >= 0.3 is 6.18 Å². The van der Waals surface area contributed by atoms with E-state index < -0.39 is 11.7 Å². The van der Waals surface area contributed by atoms with Crippen molar-refractivity contribution in [2.45, 2.75) is 31.5 Å². The van der Waals surface area contributed by atoms with Crippen LogP contribution in [0.1, 0.15) is 34.8 Å². The molecule has 1 unspecified atom stereocenters. The van der Waals surface area contributed by atoms with E-state index in [4.69, 9.17) is 4.74 Å². The normalized spacial score (nSPS) is 17.1. The Labute approximate surface area is 155 Å². The lowest BCUT2D eigenvalue weighted by Gasteiger charge is -2.24. The number of aromatic amines is 1. The van der Waals surface area contributed by atoms with Gasteiger partial charge in [-0.2, -0.15) is 13.2 Å². The van der Waals surface area contributed by atoms with Crippen LogP contribution in [0, 0.1) is 0 Å². The topological polar surface area (TPSA) is 37.0 Å². The van der Waals surface area contributed by atoms with Crippen LogP contribution in [0.4, 0.5) is 13.2 Å². The first-order valence-electron chi connectivity index (χ1n) is 9.03. The van der Waals surface area contributed by atoms with Gasteiger partial charge in [-0.25, -0.2) is 0 Å². The summed E-state index contributed by atoms with van der Waals surface area (Å²) in [5.74, 6) is 0.837. The molecule has 1 aliphatic heterocycles. The summed E-state index contributed by atoms with van der Waals surface area (Å²) in [4.78, 5) is 3.52. The maximum Gasteiger partial charge on any atom is 0.416 e. The van der Waals surface area contributed by atoms with Crippen LogP contribution in [0.3, 0.4) is 0 Å². The van der Waals surface area contributed by atoms with E-state index in [0.29, 0.717) is 6.42 Å². The third-order valence-electron chi connectivity index (χ3n) is 5.26. The fraction of sp³-hybridized carbons (Fsp3) is 0.333. The quantitative estimate of drug-likeness (QED) is 0.673. The molecule has 0 saturated heterocycles. The van der Waals surface area contributed by atoms with Crippen molar-refractivity contribution in [2.24, 2.45) is 0 Å². The van der Waals surface area contributed by atoms with Gasteiger partial charge in [0.2, 0.25) is 0 Å². The van der Waals surface area contributed by atoms with Gasteiger partial charge in [-0.15, -0.1) is 0 Å². The molecule has 2 aromatic carbocycles. The van der Waals surface area contributed by atoms with Crippen molar-refractivity contribution in [1.29, 1.82) is 0 Å². The van der Waals surface area contributed by atoms with E-state index in [1.807, 2.05) is 12.1 Å². The molecule has 0 saturated carbocycles. The van der Waals surface area contributed by atoms with Crippen molar-refractivity contribution < 1.29 is 17.9 Å². The van der Waals surface area contributed by atoms with Crippen LogP contribution in [0.25, 0.3) is 10.9 Å². The number of hydrogen-bond donors (Lipinski definition) is 2. The van der Waals surface area contributed by atoms with Crippen LogP contribution in [-0.2, 0) is 19.0 Å². The molecule has 0 spiro atoms. The molecule has 3 nitrogen and oxygen atoms in total. The number of fused-ring (bicyclic) bond motifs is 3. The molecule has 3 aromatic rings. The zero-order chi connectivity index (χ0) is 19.0. The van der Waals surface area contributed by atoms with Gasteiger partial charge in [-0.05, 0) is 67.3 Å². The third-order valence-corrected chi connectivity index (χ3v) is 5.26. The van der Waals surface area contributed by atoms with E-state index >= 15 is 0 Å². The molecular weight excluding hydrogens is 353 g/mol. The fourth-order valence-corrected chi connectivity index (χ4v) is 3.83. The number of rotatable bonds is 4. The number of methoxy groups -OCH3 is 1. The van der Waals surface area contributed by atoms with Crippen molar-refractivity contribution >= 4 is 10.9 Å². The van der Waals surface area contributed by atoms with E-state index in [1.165, 1.54) is 16.6 Å². The van der Waals surface area contributed by atoms with Crippen molar-refractivity contribution in [2.75, 3.05) is 13.7 Å². The highest BCUT2D eigenvalue weighted by atomic mass is 19.4. The van der Waals surface area contributed by atoms with Gasteiger partial charge in [-0.3, -0.25) is 0 Å². The number of halogens is 3. The Hall–Kier alpha value is -2.47. The lowest BCUT2D eigenvalue weighted by molar-refractivity contribution is -0.137. The lowest BCUT2D eigenvalue weighted by atomic mass is 9.94. The van der Waals surface area contributed by atoms with E-state index in [9.17, 15) is 13.2 Å². The molecular formula is C21H21F3N2O. The van der Waals surface area contributed by atoms with Crippen LogP contribution < -0.4 is 10.1 Å². The Kier molecular flexibility index (Phi) is 4.60. The Bertz CT molecular complexity index is 944. The van der Waals surface area contributed by atoms with Gasteiger partial charge in [0, 0.05) is 22.6 Å². The molecule has 2 heterocycles. The van der Waals surface area contributed by atoms with E-state index in [-0.39, 0.29) is 6.04 Å². The SMILES string of the molecule is COc1ccc2[nH]c3c(c2c1)CCNC3CCc1ccc(C(F)(F)F)cc1. The molecule has 0 radical (unpaired) electrons. The Balaban J connectivity index is 1.53. The number of aryl methyl sites for hydroxylation is 1. The number of hydrogen-bond acceptors (Lipinski definition) is 2. The first-order chi connectivity index (χ1) is 13.0. The smallest absolute Gasteiger partial charge is 0.416 e. The molecule has 142 valence electrons. The molecule has 2 N–H and O–H groups in total. The predicted molar refractivity (Wildman–Crippen MR) is 99.1 cm³/mol. The van der Waals surface area contributed by atoms with Crippen LogP contribution in [0.2, 0.25) is 0 Å². The van der Waals surface area contributed by atoms with Gasteiger partial charge in [0.05, 0.1) is 12.7 Å². The van der Waals surface area contributed by atoms with E-state index in [2.05, 4.69) is 16.4 Å². The summed E-state index contributed by atoms with van der Waals surface area (Å²) in [6, 6.07) is 11.6. The van der Waals surface area contributed by atoms with Gasteiger partial charge in [0.25, 0.3) is 0 Å². The predicted octanol–water partition coefficient (Wildman–Crippen LogP) is 5.01. The van der Waals surface area contributed by atoms with Gasteiger partial charge in [0.15, 0.2) is 0 Å².